The van der Waals surface area contributed by atoms with Gasteiger partial charge in [0.25, 0.3) is 0 Å². The van der Waals surface area contributed by atoms with E-state index in [1.54, 1.807) is 6.20 Å². The molecule has 0 saturated carbocycles. The third-order valence-corrected chi connectivity index (χ3v) is 4.46. The van der Waals surface area contributed by atoms with Crippen LogP contribution in [0.2, 0.25) is 0 Å². The largest absolute Gasteiger partial charge is 0.469 e. The van der Waals surface area contributed by atoms with Crippen LogP contribution in [0, 0.1) is 5.92 Å². The molecule has 9 heteroatoms. The average Bonchev–Trinajstić information content (AvgIpc) is 2.91. The Morgan fingerprint density at radius 2 is 2.09 bits per heavy atom. The summed E-state index contributed by atoms with van der Waals surface area (Å²) >= 11 is 1.40. The van der Waals surface area contributed by atoms with Gasteiger partial charge in [0.2, 0.25) is 0 Å². The Morgan fingerprint density at radius 3 is 2.64 bits per heavy atom. The maximum absolute atomic E-state index is 12.0. The van der Waals surface area contributed by atoms with E-state index in [1.165, 1.54) is 25.6 Å². The molecule has 22 heavy (non-hydrogen) atoms. The van der Waals surface area contributed by atoms with Crippen LogP contribution in [-0.2, 0) is 25.6 Å². The van der Waals surface area contributed by atoms with Gasteiger partial charge >= 0.3 is 11.9 Å². The van der Waals surface area contributed by atoms with Crippen LogP contribution in [0.5, 0.6) is 0 Å². The first-order chi connectivity index (χ1) is 10.0. The van der Waals surface area contributed by atoms with Gasteiger partial charge in [0, 0.05) is 24.2 Å². The van der Waals surface area contributed by atoms with Crippen LogP contribution >= 0.6 is 23.7 Å². The number of nitrogen functional groups attached to an aromatic ring is 1. The SMILES string of the molecule is COC(=O)C1CCN(Cc2cnc(N)s2)C(C(=O)OC)C1.Cl. The maximum atomic E-state index is 12.0. The molecule has 2 atom stereocenters. The number of halogens is 1. The molecular formula is C13H20ClN3O4S. The predicted molar refractivity (Wildman–Crippen MR) is 84.7 cm³/mol. The monoisotopic (exact) mass is 349 g/mol. The smallest absolute Gasteiger partial charge is 0.323 e. The molecule has 1 aromatic rings. The zero-order valence-electron chi connectivity index (χ0n) is 12.5. The quantitative estimate of drug-likeness (QED) is 0.812. The van der Waals surface area contributed by atoms with E-state index in [1.807, 2.05) is 4.90 Å². The number of methoxy groups -OCH3 is 2. The summed E-state index contributed by atoms with van der Waals surface area (Å²) < 4.78 is 9.63. The summed E-state index contributed by atoms with van der Waals surface area (Å²) in [5.41, 5.74) is 5.62. The lowest BCUT2D eigenvalue weighted by molar-refractivity contribution is -0.154. The van der Waals surface area contributed by atoms with E-state index in [4.69, 9.17) is 15.2 Å². The van der Waals surface area contributed by atoms with Crippen molar-refractivity contribution in [2.24, 2.45) is 5.92 Å². The number of esters is 2. The van der Waals surface area contributed by atoms with Gasteiger partial charge in [-0.3, -0.25) is 14.5 Å². The number of carbonyl (C=O) groups is 2. The average molecular weight is 350 g/mol. The second kappa shape index (κ2) is 8.30. The molecule has 0 aliphatic carbocycles. The van der Waals surface area contributed by atoms with Crippen LogP contribution in [0.25, 0.3) is 0 Å². The molecule has 1 aliphatic rings. The van der Waals surface area contributed by atoms with Gasteiger partial charge in [-0.15, -0.1) is 23.7 Å². The molecule has 2 N–H and O–H groups in total. The van der Waals surface area contributed by atoms with Crippen molar-refractivity contribution in [3.05, 3.63) is 11.1 Å². The van der Waals surface area contributed by atoms with E-state index in [-0.39, 0.29) is 30.3 Å². The standard InChI is InChI=1S/C13H19N3O4S.ClH/c1-19-11(17)8-3-4-16(10(5-8)12(18)20-2)7-9-6-15-13(14)21-9;/h6,8,10H,3-5,7H2,1-2H3,(H2,14,15);1H. The van der Waals surface area contributed by atoms with Crippen molar-refractivity contribution in [1.82, 2.24) is 9.88 Å². The van der Waals surface area contributed by atoms with Crippen LogP contribution in [0.15, 0.2) is 6.20 Å². The Kier molecular flexibility index (Phi) is 7.05. The molecule has 0 bridgehead atoms. The lowest BCUT2D eigenvalue weighted by Crippen LogP contribution is -2.48. The number of nitrogens with zero attached hydrogens (tertiary/aromatic N) is 2. The second-order valence-electron chi connectivity index (χ2n) is 4.92. The third kappa shape index (κ3) is 4.31. The number of anilines is 1. The van der Waals surface area contributed by atoms with Crippen molar-refractivity contribution < 1.29 is 19.1 Å². The first kappa shape index (κ1) is 18.7. The summed E-state index contributed by atoms with van der Waals surface area (Å²) in [6, 6.07) is -0.448. The highest BCUT2D eigenvalue weighted by Crippen LogP contribution is 2.27. The summed E-state index contributed by atoms with van der Waals surface area (Å²) in [6.07, 6.45) is 2.78. The molecule has 2 unspecified atom stereocenters. The van der Waals surface area contributed by atoms with Crippen molar-refractivity contribution in [1.29, 1.82) is 0 Å². The summed E-state index contributed by atoms with van der Waals surface area (Å²) in [5, 5.41) is 0.504. The van der Waals surface area contributed by atoms with Crippen LogP contribution in [-0.4, -0.2) is 48.6 Å². The Balaban J connectivity index is 0.00000242. The van der Waals surface area contributed by atoms with Gasteiger partial charge in [0.1, 0.15) is 6.04 Å². The summed E-state index contributed by atoms with van der Waals surface area (Å²) in [4.78, 5) is 30.6. The first-order valence-electron chi connectivity index (χ1n) is 6.65. The molecule has 7 nitrogen and oxygen atoms in total. The molecule has 0 aromatic carbocycles. The van der Waals surface area contributed by atoms with Crippen molar-refractivity contribution in [2.75, 3.05) is 26.5 Å². The molecule has 1 aromatic heterocycles. The van der Waals surface area contributed by atoms with Crippen LogP contribution < -0.4 is 5.73 Å². The van der Waals surface area contributed by atoms with Gasteiger partial charge in [0.15, 0.2) is 5.13 Å². The molecule has 124 valence electrons. The van der Waals surface area contributed by atoms with E-state index in [0.29, 0.717) is 31.1 Å². The Bertz CT molecular complexity index is 525. The highest BCUT2D eigenvalue weighted by molar-refractivity contribution is 7.15. The number of nitrogens with two attached hydrogens (primary N) is 1. The Hall–Kier alpha value is -1.38. The Morgan fingerprint density at radius 1 is 1.41 bits per heavy atom. The molecule has 1 aliphatic heterocycles. The number of ether oxygens (including phenoxy) is 2. The fourth-order valence-electron chi connectivity index (χ4n) is 2.56. The molecule has 1 fully saturated rings. The number of hydrogen-bond donors (Lipinski definition) is 1. The van der Waals surface area contributed by atoms with E-state index >= 15 is 0 Å². The fraction of sp³-hybridized carbons (Fsp3) is 0.615. The van der Waals surface area contributed by atoms with Crippen molar-refractivity contribution >= 4 is 40.8 Å². The third-order valence-electron chi connectivity index (χ3n) is 3.65. The minimum atomic E-state index is -0.448. The van der Waals surface area contributed by atoms with Gasteiger partial charge in [-0.2, -0.15) is 0 Å². The normalized spacial score (nSPS) is 21.7. The Labute approximate surface area is 139 Å². The number of piperidine rings is 1. The highest BCUT2D eigenvalue weighted by atomic mass is 35.5. The number of hydrogen-bond acceptors (Lipinski definition) is 8. The minimum absolute atomic E-state index is 0. The predicted octanol–water partition coefficient (Wildman–Crippen LogP) is 1.07. The first-order valence-corrected chi connectivity index (χ1v) is 7.46. The molecule has 2 rings (SSSR count). The lowest BCUT2D eigenvalue weighted by atomic mass is 9.90. The molecule has 0 radical (unpaired) electrons. The zero-order chi connectivity index (χ0) is 15.4. The zero-order valence-corrected chi connectivity index (χ0v) is 14.1. The van der Waals surface area contributed by atoms with Crippen LogP contribution in [0.4, 0.5) is 5.13 Å². The van der Waals surface area contributed by atoms with E-state index in [2.05, 4.69) is 4.98 Å². The maximum Gasteiger partial charge on any atom is 0.323 e. The number of likely N-dealkylation sites (tertiary alicyclic amines) is 1. The fourth-order valence-corrected chi connectivity index (χ4v) is 3.27. The number of rotatable bonds is 4. The van der Waals surface area contributed by atoms with E-state index in [9.17, 15) is 9.59 Å². The van der Waals surface area contributed by atoms with Gasteiger partial charge in [-0.05, 0) is 12.8 Å². The molecule has 1 saturated heterocycles. The van der Waals surface area contributed by atoms with Gasteiger partial charge in [-0.1, -0.05) is 0 Å². The summed E-state index contributed by atoms with van der Waals surface area (Å²) in [5.74, 6) is -0.867. The van der Waals surface area contributed by atoms with Gasteiger partial charge in [-0.25, -0.2) is 4.98 Å². The number of aromatic nitrogens is 1. The van der Waals surface area contributed by atoms with E-state index in [0.717, 1.165) is 4.88 Å². The van der Waals surface area contributed by atoms with Crippen molar-refractivity contribution in [3.8, 4) is 0 Å². The van der Waals surface area contributed by atoms with Crippen LogP contribution in [0.3, 0.4) is 0 Å². The topological polar surface area (TPSA) is 94.8 Å². The molecule has 0 amide bonds. The molecule has 0 spiro atoms. The molecule has 2 heterocycles. The lowest BCUT2D eigenvalue weighted by Gasteiger charge is -2.36. The number of thiazole rings is 1. The number of carbonyl (C=O) groups excluding carboxylic acids is 2. The van der Waals surface area contributed by atoms with Crippen molar-refractivity contribution in [2.45, 2.75) is 25.4 Å². The minimum Gasteiger partial charge on any atom is -0.469 e. The van der Waals surface area contributed by atoms with Crippen LogP contribution in [0.1, 0.15) is 17.7 Å². The van der Waals surface area contributed by atoms with Crippen molar-refractivity contribution in [3.63, 3.8) is 0 Å². The van der Waals surface area contributed by atoms with Gasteiger partial charge < -0.3 is 15.2 Å². The van der Waals surface area contributed by atoms with Gasteiger partial charge in [0.05, 0.1) is 20.1 Å². The highest BCUT2D eigenvalue weighted by Gasteiger charge is 2.37. The summed E-state index contributed by atoms with van der Waals surface area (Å²) in [7, 11) is 2.72. The summed E-state index contributed by atoms with van der Waals surface area (Å²) in [6.45, 7) is 1.19. The molecular weight excluding hydrogens is 330 g/mol. The second-order valence-corrected chi connectivity index (χ2v) is 6.07. The van der Waals surface area contributed by atoms with E-state index < -0.39 is 6.04 Å².